The number of hydrogen-bond acceptors (Lipinski definition) is 5. The van der Waals surface area contributed by atoms with E-state index in [0.717, 1.165) is 22.4 Å². The largest absolute Gasteiger partial charge is 0.490 e. The number of rotatable bonds is 8. The summed E-state index contributed by atoms with van der Waals surface area (Å²) < 4.78 is 13.2. The molecule has 0 saturated carbocycles. The second-order valence-corrected chi connectivity index (χ2v) is 8.16. The Morgan fingerprint density at radius 1 is 1.06 bits per heavy atom. The maximum absolute atomic E-state index is 12.9. The average molecular weight is 479 g/mol. The van der Waals surface area contributed by atoms with Crippen LogP contribution < -0.4 is 14.8 Å². The molecule has 0 radical (unpaired) electrons. The summed E-state index contributed by atoms with van der Waals surface area (Å²) in [7, 11) is 0. The second-order valence-electron chi connectivity index (χ2n) is 7.75. The van der Waals surface area contributed by atoms with Crippen molar-refractivity contribution in [3.8, 4) is 22.6 Å². The first-order chi connectivity index (χ1) is 16.4. The third-order valence-electron chi connectivity index (χ3n) is 5.53. The predicted molar refractivity (Wildman–Crippen MR) is 133 cm³/mol. The Labute approximate surface area is 203 Å². The summed E-state index contributed by atoms with van der Waals surface area (Å²) in [6, 6.07) is 13.2. The minimum atomic E-state index is -0.235. The molecule has 0 bridgehead atoms. The van der Waals surface area contributed by atoms with Crippen LogP contribution in [0.5, 0.6) is 11.5 Å². The number of carbonyl (C=O) groups is 1. The Hall–Kier alpha value is -3.58. The number of aromatic nitrogens is 3. The van der Waals surface area contributed by atoms with E-state index in [-0.39, 0.29) is 5.91 Å². The minimum absolute atomic E-state index is 0.235. The molecule has 0 aliphatic heterocycles. The van der Waals surface area contributed by atoms with Gasteiger partial charge in [-0.05, 0) is 57.0 Å². The molecule has 34 heavy (non-hydrogen) atoms. The Balaban J connectivity index is 1.68. The Kier molecular flexibility index (Phi) is 7.03. The van der Waals surface area contributed by atoms with E-state index in [1.165, 1.54) is 0 Å². The Morgan fingerprint density at radius 2 is 1.79 bits per heavy atom. The Morgan fingerprint density at radius 3 is 2.53 bits per heavy atom. The number of benzene rings is 2. The number of nitrogens with zero attached hydrogens (tertiary/aromatic N) is 3. The standard InChI is InChI=1S/C26H27ClN4O3/c1-5-33-22-12-11-18(13-23(22)34-6-2)24-16(3)30-31-17(4)20(15-28-25(24)31)26(32)29-14-19-9-7-8-10-21(19)27/h7-13,15H,5-6,14H2,1-4H3,(H,29,32). The highest BCUT2D eigenvalue weighted by Gasteiger charge is 2.20. The van der Waals surface area contributed by atoms with E-state index >= 15 is 0 Å². The summed E-state index contributed by atoms with van der Waals surface area (Å²) in [5, 5.41) is 8.21. The van der Waals surface area contributed by atoms with Crippen LogP contribution in [0.4, 0.5) is 0 Å². The second kappa shape index (κ2) is 10.1. The highest BCUT2D eigenvalue weighted by molar-refractivity contribution is 6.31. The zero-order valence-corrected chi connectivity index (χ0v) is 20.4. The first-order valence-electron chi connectivity index (χ1n) is 11.2. The molecule has 0 aliphatic carbocycles. The van der Waals surface area contributed by atoms with Crippen molar-refractivity contribution in [2.45, 2.75) is 34.2 Å². The number of carbonyl (C=O) groups excluding carboxylic acids is 1. The van der Waals surface area contributed by atoms with Gasteiger partial charge in [-0.25, -0.2) is 9.50 Å². The van der Waals surface area contributed by atoms with E-state index < -0.39 is 0 Å². The molecule has 0 unspecified atom stereocenters. The van der Waals surface area contributed by atoms with Crippen molar-refractivity contribution in [1.29, 1.82) is 0 Å². The van der Waals surface area contributed by atoms with Crippen LogP contribution in [0, 0.1) is 13.8 Å². The van der Waals surface area contributed by atoms with Crippen molar-refractivity contribution in [2.75, 3.05) is 13.2 Å². The van der Waals surface area contributed by atoms with Crippen molar-refractivity contribution < 1.29 is 14.3 Å². The van der Waals surface area contributed by atoms with Crippen molar-refractivity contribution in [3.63, 3.8) is 0 Å². The lowest BCUT2D eigenvalue weighted by atomic mass is 10.1. The molecule has 1 N–H and O–H groups in total. The van der Waals surface area contributed by atoms with Gasteiger partial charge in [0.05, 0.1) is 30.2 Å². The first-order valence-corrected chi connectivity index (χ1v) is 11.6. The van der Waals surface area contributed by atoms with Crippen LogP contribution in [0.25, 0.3) is 16.8 Å². The van der Waals surface area contributed by atoms with Crippen LogP contribution in [0.15, 0.2) is 48.7 Å². The van der Waals surface area contributed by atoms with Gasteiger partial charge in [-0.1, -0.05) is 35.9 Å². The summed E-state index contributed by atoms with van der Waals surface area (Å²) in [5.74, 6) is 1.14. The van der Waals surface area contributed by atoms with E-state index in [0.29, 0.717) is 53.2 Å². The Bertz CT molecular complexity index is 1350. The summed E-state index contributed by atoms with van der Waals surface area (Å²) in [6.45, 7) is 9.07. The van der Waals surface area contributed by atoms with Gasteiger partial charge < -0.3 is 14.8 Å². The summed E-state index contributed by atoms with van der Waals surface area (Å²) in [6.07, 6.45) is 1.59. The molecule has 0 saturated heterocycles. The first kappa shape index (κ1) is 23.6. The number of amides is 1. The zero-order chi connectivity index (χ0) is 24.2. The van der Waals surface area contributed by atoms with Gasteiger partial charge in [-0.3, -0.25) is 4.79 Å². The van der Waals surface area contributed by atoms with E-state index in [2.05, 4.69) is 15.4 Å². The van der Waals surface area contributed by atoms with Crippen LogP contribution in [0.3, 0.4) is 0 Å². The van der Waals surface area contributed by atoms with Gasteiger partial charge in [0.25, 0.3) is 5.91 Å². The maximum Gasteiger partial charge on any atom is 0.254 e. The fourth-order valence-electron chi connectivity index (χ4n) is 3.88. The molecule has 0 fully saturated rings. The van der Waals surface area contributed by atoms with Crippen LogP contribution in [0.1, 0.15) is 41.2 Å². The number of halogens is 1. The molecular weight excluding hydrogens is 452 g/mol. The van der Waals surface area contributed by atoms with Gasteiger partial charge in [-0.15, -0.1) is 0 Å². The lowest BCUT2D eigenvalue weighted by molar-refractivity contribution is 0.0949. The molecular formula is C26H27ClN4O3. The molecule has 4 aromatic rings. The molecule has 7 nitrogen and oxygen atoms in total. The van der Waals surface area contributed by atoms with E-state index in [9.17, 15) is 4.79 Å². The van der Waals surface area contributed by atoms with Crippen molar-refractivity contribution in [2.24, 2.45) is 0 Å². The molecule has 4 rings (SSSR count). The quantitative estimate of drug-likeness (QED) is 0.367. The summed E-state index contributed by atoms with van der Waals surface area (Å²) in [4.78, 5) is 17.5. The smallest absolute Gasteiger partial charge is 0.254 e. The average Bonchev–Trinajstić information content (AvgIpc) is 3.17. The van der Waals surface area contributed by atoms with Crippen molar-refractivity contribution >= 4 is 23.2 Å². The van der Waals surface area contributed by atoms with Gasteiger partial charge in [0.2, 0.25) is 0 Å². The number of hydrogen-bond donors (Lipinski definition) is 1. The number of ether oxygens (including phenoxy) is 2. The van der Waals surface area contributed by atoms with Crippen LogP contribution in [0.2, 0.25) is 5.02 Å². The lowest BCUT2D eigenvalue weighted by Gasteiger charge is -2.12. The highest BCUT2D eigenvalue weighted by Crippen LogP contribution is 2.36. The normalized spacial score (nSPS) is 11.0. The third kappa shape index (κ3) is 4.56. The van der Waals surface area contributed by atoms with Crippen LogP contribution in [-0.4, -0.2) is 33.7 Å². The van der Waals surface area contributed by atoms with Gasteiger partial charge in [0, 0.05) is 23.3 Å². The topological polar surface area (TPSA) is 77.8 Å². The summed E-state index contributed by atoms with van der Waals surface area (Å²) >= 11 is 6.21. The van der Waals surface area contributed by atoms with Crippen LogP contribution in [-0.2, 0) is 6.54 Å². The number of aryl methyl sites for hydroxylation is 2. The predicted octanol–water partition coefficient (Wildman–Crippen LogP) is 5.39. The van der Waals surface area contributed by atoms with E-state index in [4.69, 9.17) is 21.1 Å². The van der Waals surface area contributed by atoms with E-state index in [1.807, 2.05) is 64.1 Å². The fraction of sp³-hybridized carbons (Fsp3) is 0.269. The van der Waals surface area contributed by atoms with Gasteiger partial charge >= 0.3 is 0 Å². The summed E-state index contributed by atoms with van der Waals surface area (Å²) in [5.41, 5.74) is 5.28. The molecule has 0 atom stereocenters. The van der Waals surface area contributed by atoms with E-state index in [1.54, 1.807) is 16.8 Å². The molecule has 176 valence electrons. The highest BCUT2D eigenvalue weighted by atomic mass is 35.5. The maximum atomic E-state index is 12.9. The molecule has 2 heterocycles. The van der Waals surface area contributed by atoms with Gasteiger partial charge in [0.15, 0.2) is 17.1 Å². The number of fused-ring (bicyclic) bond motifs is 1. The zero-order valence-electron chi connectivity index (χ0n) is 19.7. The molecule has 8 heteroatoms. The lowest BCUT2D eigenvalue weighted by Crippen LogP contribution is -2.25. The molecule has 2 aromatic heterocycles. The molecule has 0 aliphatic rings. The minimum Gasteiger partial charge on any atom is -0.490 e. The van der Waals surface area contributed by atoms with Gasteiger partial charge in [0.1, 0.15) is 0 Å². The van der Waals surface area contributed by atoms with Crippen LogP contribution >= 0.6 is 11.6 Å². The van der Waals surface area contributed by atoms with Crippen molar-refractivity contribution in [3.05, 3.63) is 76.2 Å². The molecule has 1 amide bonds. The molecule has 0 spiro atoms. The van der Waals surface area contributed by atoms with Crippen molar-refractivity contribution in [1.82, 2.24) is 19.9 Å². The molecule has 2 aromatic carbocycles. The SMILES string of the molecule is CCOc1ccc(-c2c(C)nn3c(C)c(C(=O)NCc4ccccc4Cl)cnc23)cc1OCC. The number of nitrogens with one attached hydrogen (secondary N) is 1. The van der Waals surface area contributed by atoms with Gasteiger partial charge in [-0.2, -0.15) is 5.10 Å². The third-order valence-corrected chi connectivity index (χ3v) is 5.90. The fourth-order valence-corrected chi connectivity index (χ4v) is 4.08. The monoisotopic (exact) mass is 478 g/mol.